The predicted molar refractivity (Wildman–Crippen MR) is 110 cm³/mol. The van der Waals surface area contributed by atoms with E-state index in [9.17, 15) is 0 Å². The number of piperazine rings is 1. The fraction of sp³-hybridized carbons (Fsp3) is 0.476. The maximum atomic E-state index is 4.73. The maximum Gasteiger partial charge on any atom is 0.224 e. The minimum Gasteiger partial charge on any atom is -0.354 e. The lowest BCUT2D eigenvalue weighted by molar-refractivity contribution is 0.641. The SMILES string of the molecule is C1=C(CCNc2nccc(N3CCN(c4ccccn4)CC3)n2)CCCC1. The van der Waals surface area contributed by atoms with E-state index in [1.807, 2.05) is 30.6 Å². The zero-order valence-electron chi connectivity index (χ0n) is 15.8. The average Bonchev–Trinajstić information content (AvgIpc) is 2.76. The molecule has 0 bridgehead atoms. The Morgan fingerprint density at radius 2 is 1.74 bits per heavy atom. The maximum absolute atomic E-state index is 4.73. The topological polar surface area (TPSA) is 57.2 Å². The summed E-state index contributed by atoms with van der Waals surface area (Å²) in [5.41, 5.74) is 1.58. The molecule has 4 rings (SSSR count). The summed E-state index contributed by atoms with van der Waals surface area (Å²) in [6, 6.07) is 8.08. The van der Waals surface area contributed by atoms with E-state index in [4.69, 9.17) is 4.98 Å². The Labute approximate surface area is 161 Å². The van der Waals surface area contributed by atoms with E-state index in [-0.39, 0.29) is 0 Å². The highest BCUT2D eigenvalue weighted by Gasteiger charge is 2.19. The molecule has 1 N–H and O–H groups in total. The molecular weight excluding hydrogens is 336 g/mol. The molecule has 3 heterocycles. The van der Waals surface area contributed by atoms with Crippen LogP contribution in [0.3, 0.4) is 0 Å². The van der Waals surface area contributed by atoms with Gasteiger partial charge in [0.2, 0.25) is 5.95 Å². The molecule has 1 aliphatic heterocycles. The Kier molecular flexibility index (Phi) is 5.82. The van der Waals surface area contributed by atoms with Crippen molar-refractivity contribution in [3.05, 3.63) is 48.3 Å². The second-order valence-electron chi connectivity index (χ2n) is 7.19. The summed E-state index contributed by atoms with van der Waals surface area (Å²) in [7, 11) is 0. The molecule has 0 spiro atoms. The van der Waals surface area contributed by atoms with Crippen molar-refractivity contribution in [2.24, 2.45) is 0 Å². The minimum atomic E-state index is 0.732. The third kappa shape index (κ3) is 4.76. The number of nitrogens with one attached hydrogen (secondary N) is 1. The minimum absolute atomic E-state index is 0.732. The average molecular weight is 364 g/mol. The molecule has 6 heteroatoms. The highest BCUT2D eigenvalue weighted by molar-refractivity contribution is 5.46. The number of allylic oxidation sites excluding steroid dienone is 1. The second kappa shape index (κ2) is 8.84. The van der Waals surface area contributed by atoms with Gasteiger partial charge in [-0.2, -0.15) is 4.98 Å². The van der Waals surface area contributed by atoms with Crippen LogP contribution in [0, 0.1) is 0 Å². The van der Waals surface area contributed by atoms with Crippen LogP contribution in [0.15, 0.2) is 48.3 Å². The highest BCUT2D eigenvalue weighted by Crippen LogP contribution is 2.21. The summed E-state index contributed by atoms with van der Waals surface area (Å²) in [5, 5.41) is 3.40. The molecule has 0 atom stereocenters. The van der Waals surface area contributed by atoms with Crippen molar-refractivity contribution >= 4 is 17.6 Å². The molecule has 1 fully saturated rings. The van der Waals surface area contributed by atoms with Crippen molar-refractivity contribution in [3.63, 3.8) is 0 Å². The number of nitrogens with zero attached hydrogens (tertiary/aromatic N) is 5. The molecule has 0 amide bonds. The van der Waals surface area contributed by atoms with Crippen molar-refractivity contribution in [2.45, 2.75) is 32.1 Å². The number of aromatic nitrogens is 3. The van der Waals surface area contributed by atoms with Gasteiger partial charge < -0.3 is 15.1 Å². The van der Waals surface area contributed by atoms with E-state index in [0.717, 1.165) is 56.7 Å². The molecule has 142 valence electrons. The van der Waals surface area contributed by atoms with Crippen molar-refractivity contribution < 1.29 is 0 Å². The van der Waals surface area contributed by atoms with E-state index >= 15 is 0 Å². The first kappa shape index (κ1) is 17.8. The highest BCUT2D eigenvalue weighted by atomic mass is 15.3. The number of pyridine rings is 1. The van der Waals surface area contributed by atoms with Gasteiger partial charge in [-0.1, -0.05) is 17.7 Å². The predicted octanol–water partition coefficient (Wildman–Crippen LogP) is 3.50. The van der Waals surface area contributed by atoms with E-state index in [1.54, 1.807) is 5.57 Å². The molecule has 2 aromatic rings. The first-order valence-corrected chi connectivity index (χ1v) is 10.0. The van der Waals surface area contributed by atoms with Crippen molar-refractivity contribution in [1.82, 2.24) is 15.0 Å². The third-order valence-electron chi connectivity index (χ3n) is 5.33. The van der Waals surface area contributed by atoms with E-state index in [2.05, 4.69) is 37.2 Å². The monoisotopic (exact) mass is 364 g/mol. The lowest BCUT2D eigenvalue weighted by Crippen LogP contribution is -2.47. The van der Waals surface area contributed by atoms with Crippen LogP contribution < -0.4 is 15.1 Å². The number of hydrogen-bond acceptors (Lipinski definition) is 6. The molecule has 0 aromatic carbocycles. The summed E-state index contributed by atoms with van der Waals surface area (Å²) in [4.78, 5) is 18.2. The largest absolute Gasteiger partial charge is 0.354 e. The van der Waals surface area contributed by atoms with Crippen LogP contribution in [0.1, 0.15) is 32.1 Å². The smallest absolute Gasteiger partial charge is 0.224 e. The second-order valence-corrected chi connectivity index (χ2v) is 7.19. The molecule has 6 nitrogen and oxygen atoms in total. The van der Waals surface area contributed by atoms with Crippen LogP contribution in [0.4, 0.5) is 17.6 Å². The van der Waals surface area contributed by atoms with Crippen LogP contribution in [-0.4, -0.2) is 47.7 Å². The van der Waals surface area contributed by atoms with Crippen LogP contribution in [-0.2, 0) is 0 Å². The normalized spacial score (nSPS) is 17.6. The Bertz CT molecular complexity index is 752. The first-order valence-electron chi connectivity index (χ1n) is 10.0. The molecule has 2 aromatic heterocycles. The molecule has 0 saturated carbocycles. The lowest BCUT2D eigenvalue weighted by atomic mass is 9.97. The molecule has 1 aliphatic carbocycles. The van der Waals surface area contributed by atoms with Crippen LogP contribution in [0.5, 0.6) is 0 Å². The Morgan fingerprint density at radius 3 is 2.48 bits per heavy atom. The fourth-order valence-electron chi connectivity index (χ4n) is 3.78. The van der Waals surface area contributed by atoms with Gasteiger partial charge in [0, 0.05) is 45.1 Å². The van der Waals surface area contributed by atoms with E-state index in [1.165, 1.54) is 25.7 Å². The van der Waals surface area contributed by atoms with Gasteiger partial charge in [-0.25, -0.2) is 9.97 Å². The Hall–Kier alpha value is -2.63. The lowest BCUT2D eigenvalue weighted by Gasteiger charge is -2.36. The van der Waals surface area contributed by atoms with Gasteiger partial charge in [-0.3, -0.25) is 0 Å². The summed E-state index contributed by atoms with van der Waals surface area (Å²) in [6.07, 6.45) is 12.4. The van der Waals surface area contributed by atoms with Crippen molar-refractivity contribution in [1.29, 1.82) is 0 Å². The molecule has 27 heavy (non-hydrogen) atoms. The summed E-state index contributed by atoms with van der Waals surface area (Å²) in [6.45, 7) is 4.71. The molecule has 2 aliphatic rings. The molecular formula is C21H28N6. The van der Waals surface area contributed by atoms with Gasteiger partial charge in [0.05, 0.1) is 0 Å². The Morgan fingerprint density at radius 1 is 0.889 bits per heavy atom. The van der Waals surface area contributed by atoms with E-state index in [0.29, 0.717) is 0 Å². The van der Waals surface area contributed by atoms with Gasteiger partial charge in [0.25, 0.3) is 0 Å². The quantitative estimate of drug-likeness (QED) is 0.792. The van der Waals surface area contributed by atoms with Gasteiger partial charge in [-0.15, -0.1) is 0 Å². The fourth-order valence-corrected chi connectivity index (χ4v) is 3.78. The van der Waals surface area contributed by atoms with Crippen LogP contribution in [0.2, 0.25) is 0 Å². The van der Waals surface area contributed by atoms with Gasteiger partial charge in [0.15, 0.2) is 0 Å². The van der Waals surface area contributed by atoms with Gasteiger partial charge >= 0.3 is 0 Å². The van der Waals surface area contributed by atoms with Crippen molar-refractivity contribution in [2.75, 3.05) is 47.8 Å². The first-order chi connectivity index (χ1) is 13.4. The van der Waals surface area contributed by atoms with Gasteiger partial charge in [0.1, 0.15) is 11.6 Å². The van der Waals surface area contributed by atoms with Gasteiger partial charge in [-0.05, 0) is 50.3 Å². The summed E-state index contributed by atoms with van der Waals surface area (Å²) in [5.74, 6) is 2.79. The van der Waals surface area contributed by atoms with Crippen LogP contribution >= 0.6 is 0 Å². The zero-order chi connectivity index (χ0) is 18.3. The summed E-state index contributed by atoms with van der Waals surface area (Å²) < 4.78 is 0. The third-order valence-corrected chi connectivity index (χ3v) is 5.33. The van der Waals surface area contributed by atoms with Crippen LogP contribution in [0.25, 0.3) is 0 Å². The molecule has 0 radical (unpaired) electrons. The Balaban J connectivity index is 1.29. The van der Waals surface area contributed by atoms with Crippen molar-refractivity contribution in [3.8, 4) is 0 Å². The standard InChI is InChI=1S/C21H28N6/c1-2-6-18(7-3-1)9-12-23-21-24-13-10-20(25-21)27-16-14-26(15-17-27)19-8-4-5-11-22-19/h4-6,8,10-11,13H,1-3,7,9,12,14-17H2,(H,23,24,25). The molecule has 1 saturated heterocycles. The number of hydrogen-bond donors (Lipinski definition) is 1. The molecule has 0 unspecified atom stereocenters. The number of anilines is 3. The number of rotatable bonds is 6. The summed E-state index contributed by atoms with van der Waals surface area (Å²) >= 11 is 0. The zero-order valence-corrected chi connectivity index (χ0v) is 15.8. The van der Waals surface area contributed by atoms with E-state index < -0.39 is 0 Å².